The highest BCUT2D eigenvalue weighted by Crippen LogP contribution is 2.23. The number of nitrogens with one attached hydrogen (secondary N) is 1. The summed E-state index contributed by atoms with van der Waals surface area (Å²) >= 11 is 0. The van der Waals surface area contributed by atoms with Crippen LogP contribution < -0.4 is 5.32 Å². The Kier molecular flexibility index (Phi) is 5.86. The largest absolute Gasteiger partial charge is 0.463 e. The van der Waals surface area contributed by atoms with Crippen LogP contribution in [0.15, 0.2) is 24.3 Å². The number of hydrogen-bond acceptors (Lipinski definition) is 3. The number of carbonyl (C=O) groups is 1. The van der Waals surface area contributed by atoms with Crippen molar-refractivity contribution >= 4 is 5.97 Å². The molecule has 1 aliphatic rings. The van der Waals surface area contributed by atoms with E-state index in [2.05, 4.69) is 11.9 Å². The molecule has 0 aromatic carbocycles. The first-order chi connectivity index (χ1) is 7.76. The van der Waals surface area contributed by atoms with E-state index >= 15 is 0 Å². The number of ether oxygens (including phenoxy) is 1. The minimum atomic E-state index is -0.199. The summed E-state index contributed by atoms with van der Waals surface area (Å²) in [5.41, 5.74) is 1.22. The molecule has 1 fully saturated rings. The molecule has 1 aliphatic carbocycles. The van der Waals surface area contributed by atoms with Gasteiger partial charge in [-0.2, -0.15) is 0 Å². The van der Waals surface area contributed by atoms with Crippen molar-refractivity contribution < 1.29 is 9.53 Å². The van der Waals surface area contributed by atoms with Crippen LogP contribution in [0.4, 0.5) is 0 Å². The summed E-state index contributed by atoms with van der Waals surface area (Å²) in [6.07, 6.45) is 7.72. The minimum absolute atomic E-state index is 0.199. The average Bonchev–Trinajstić information content (AvgIpc) is 2.28. The van der Waals surface area contributed by atoms with E-state index in [0.29, 0.717) is 12.6 Å². The van der Waals surface area contributed by atoms with Crippen LogP contribution in [0, 0.1) is 0 Å². The molecular formula is C13H21NO2. The van der Waals surface area contributed by atoms with Crippen molar-refractivity contribution in [1.82, 2.24) is 5.32 Å². The molecule has 0 unspecified atom stereocenters. The molecule has 0 saturated heterocycles. The fraction of sp³-hybridized carbons (Fsp3) is 0.615. The molecule has 0 amide bonds. The Bertz CT molecular complexity index is 261. The maximum Gasteiger partial charge on any atom is 0.330 e. The van der Waals surface area contributed by atoms with E-state index in [0.717, 1.165) is 32.2 Å². The van der Waals surface area contributed by atoms with E-state index in [-0.39, 0.29) is 5.97 Å². The monoisotopic (exact) mass is 223 g/mol. The summed E-state index contributed by atoms with van der Waals surface area (Å²) in [6.45, 7) is 6.82. The number of rotatable bonds is 5. The van der Waals surface area contributed by atoms with Gasteiger partial charge in [-0.25, -0.2) is 4.79 Å². The molecule has 0 aromatic heterocycles. The van der Waals surface area contributed by atoms with Crippen LogP contribution in [0.1, 0.15) is 32.6 Å². The van der Waals surface area contributed by atoms with Crippen molar-refractivity contribution in [2.24, 2.45) is 0 Å². The third-order valence-corrected chi connectivity index (χ3v) is 2.79. The van der Waals surface area contributed by atoms with E-state index in [4.69, 9.17) is 4.74 Å². The topological polar surface area (TPSA) is 38.3 Å². The van der Waals surface area contributed by atoms with Crippen molar-refractivity contribution in [2.45, 2.75) is 38.6 Å². The maximum absolute atomic E-state index is 11.2. The summed E-state index contributed by atoms with van der Waals surface area (Å²) in [5.74, 6) is -0.199. The highest BCUT2D eigenvalue weighted by molar-refractivity contribution is 5.82. The lowest BCUT2D eigenvalue weighted by molar-refractivity contribution is -0.137. The van der Waals surface area contributed by atoms with Gasteiger partial charge >= 0.3 is 5.97 Å². The van der Waals surface area contributed by atoms with Gasteiger partial charge in [-0.15, -0.1) is 6.58 Å². The molecule has 0 bridgehead atoms. The molecule has 1 N–H and O–H groups in total. The van der Waals surface area contributed by atoms with Crippen LogP contribution >= 0.6 is 0 Å². The highest BCUT2D eigenvalue weighted by Gasteiger charge is 2.16. The van der Waals surface area contributed by atoms with Gasteiger partial charge in [-0.3, -0.25) is 0 Å². The smallest absolute Gasteiger partial charge is 0.330 e. The summed E-state index contributed by atoms with van der Waals surface area (Å²) in [7, 11) is 0. The lowest BCUT2D eigenvalue weighted by Crippen LogP contribution is -2.31. The molecule has 3 nitrogen and oxygen atoms in total. The molecule has 0 aliphatic heterocycles. The zero-order chi connectivity index (χ0) is 11.8. The lowest BCUT2D eigenvalue weighted by Gasteiger charge is -2.24. The van der Waals surface area contributed by atoms with Crippen LogP contribution in [0.2, 0.25) is 0 Å². The van der Waals surface area contributed by atoms with E-state index in [9.17, 15) is 4.79 Å². The number of esters is 1. The van der Waals surface area contributed by atoms with Crippen molar-refractivity contribution in [2.75, 3.05) is 13.2 Å². The van der Waals surface area contributed by atoms with Crippen LogP contribution in [-0.4, -0.2) is 25.2 Å². The molecule has 0 spiro atoms. The predicted octanol–water partition coefficient (Wildman–Crippen LogP) is 2.19. The first kappa shape index (κ1) is 13.0. The van der Waals surface area contributed by atoms with Crippen LogP contribution in [0.25, 0.3) is 0 Å². The molecule has 0 radical (unpaired) electrons. The summed E-state index contributed by atoms with van der Waals surface area (Å²) in [6, 6.07) is 0.567. The van der Waals surface area contributed by atoms with Gasteiger partial charge in [-0.1, -0.05) is 11.6 Å². The number of carbonyl (C=O) groups excluding carboxylic acids is 1. The summed E-state index contributed by atoms with van der Waals surface area (Å²) < 4.78 is 4.89. The minimum Gasteiger partial charge on any atom is -0.463 e. The molecule has 1 saturated carbocycles. The molecule has 16 heavy (non-hydrogen) atoms. The molecule has 3 heteroatoms. The van der Waals surface area contributed by atoms with Gasteiger partial charge in [0.2, 0.25) is 0 Å². The zero-order valence-corrected chi connectivity index (χ0v) is 10.00. The van der Waals surface area contributed by atoms with Crippen LogP contribution in [0.5, 0.6) is 0 Å². The van der Waals surface area contributed by atoms with Gasteiger partial charge in [-0.05, 0) is 32.6 Å². The second kappa shape index (κ2) is 7.23. The number of allylic oxidation sites excluding steroid dienone is 1. The second-order valence-corrected chi connectivity index (χ2v) is 4.03. The van der Waals surface area contributed by atoms with Gasteiger partial charge in [0.15, 0.2) is 0 Å². The Morgan fingerprint density at radius 1 is 1.56 bits per heavy atom. The molecule has 1 rings (SSSR count). The van der Waals surface area contributed by atoms with Crippen molar-refractivity contribution in [3.63, 3.8) is 0 Å². The Morgan fingerprint density at radius 2 is 2.25 bits per heavy atom. The van der Waals surface area contributed by atoms with E-state index in [1.165, 1.54) is 5.57 Å². The molecular weight excluding hydrogens is 202 g/mol. The van der Waals surface area contributed by atoms with Crippen LogP contribution in [0.3, 0.4) is 0 Å². The number of hydrogen-bond donors (Lipinski definition) is 1. The molecule has 0 aromatic rings. The van der Waals surface area contributed by atoms with Gasteiger partial charge in [0, 0.05) is 18.7 Å². The first-order valence-corrected chi connectivity index (χ1v) is 5.96. The van der Waals surface area contributed by atoms with Crippen molar-refractivity contribution in [1.29, 1.82) is 0 Å². The van der Waals surface area contributed by atoms with Crippen molar-refractivity contribution in [3.05, 3.63) is 24.3 Å². The fourth-order valence-corrected chi connectivity index (χ4v) is 1.94. The summed E-state index contributed by atoms with van der Waals surface area (Å²) in [5, 5.41) is 3.41. The molecule has 0 heterocycles. The fourth-order valence-electron chi connectivity index (χ4n) is 1.94. The Hall–Kier alpha value is -1.09. The molecule has 0 atom stereocenters. The zero-order valence-electron chi connectivity index (χ0n) is 10.00. The first-order valence-electron chi connectivity index (χ1n) is 5.96. The van der Waals surface area contributed by atoms with E-state index in [1.54, 1.807) is 6.08 Å². The SMILES string of the molecule is C=CCNC1CCC(=CC(=O)OCC)CC1. The van der Waals surface area contributed by atoms with Gasteiger partial charge in [0.1, 0.15) is 0 Å². The van der Waals surface area contributed by atoms with Gasteiger partial charge < -0.3 is 10.1 Å². The third-order valence-electron chi connectivity index (χ3n) is 2.79. The Labute approximate surface area is 97.6 Å². The normalized spacial score (nSPS) is 20.3. The van der Waals surface area contributed by atoms with E-state index < -0.39 is 0 Å². The Morgan fingerprint density at radius 3 is 2.81 bits per heavy atom. The highest BCUT2D eigenvalue weighted by atomic mass is 16.5. The second-order valence-electron chi connectivity index (χ2n) is 4.03. The quantitative estimate of drug-likeness (QED) is 0.441. The maximum atomic E-state index is 11.2. The average molecular weight is 223 g/mol. The predicted molar refractivity (Wildman–Crippen MR) is 65.2 cm³/mol. The lowest BCUT2D eigenvalue weighted by atomic mass is 9.90. The Balaban J connectivity index is 2.30. The van der Waals surface area contributed by atoms with Crippen molar-refractivity contribution in [3.8, 4) is 0 Å². The van der Waals surface area contributed by atoms with Crippen LogP contribution in [-0.2, 0) is 9.53 Å². The van der Waals surface area contributed by atoms with Gasteiger partial charge in [0.25, 0.3) is 0 Å². The third kappa shape index (κ3) is 4.62. The summed E-state index contributed by atoms with van der Waals surface area (Å²) in [4.78, 5) is 11.2. The van der Waals surface area contributed by atoms with Gasteiger partial charge in [0.05, 0.1) is 6.61 Å². The molecule has 90 valence electrons. The standard InChI is InChI=1S/C13H21NO2/c1-3-9-14-12-7-5-11(6-8-12)10-13(15)16-4-2/h3,10,12,14H,1,4-9H2,2H3. The van der Waals surface area contributed by atoms with E-state index in [1.807, 2.05) is 13.0 Å².